The number of hydrogen-bond donors (Lipinski definition) is 1. The van der Waals surface area contributed by atoms with Gasteiger partial charge in [0.05, 0.1) is 16.8 Å². The number of rotatable bonds is 1. The molecule has 74 valence electrons. The molecule has 0 aliphatic rings. The maximum Gasteiger partial charge on any atom is 0.192 e. The third kappa shape index (κ3) is 1.37. The molecule has 0 aliphatic carbocycles. The van der Waals surface area contributed by atoms with E-state index in [4.69, 9.17) is 5.73 Å². The third-order valence-corrected chi connectivity index (χ3v) is 2.96. The van der Waals surface area contributed by atoms with E-state index in [9.17, 15) is 0 Å². The Labute approximate surface area is 90.0 Å². The minimum atomic E-state index is 0.685. The van der Waals surface area contributed by atoms with Gasteiger partial charge in [-0.1, -0.05) is 6.07 Å². The van der Waals surface area contributed by atoms with E-state index in [2.05, 4.69) is 10.1 Å². The second kappa shape index (κ2) is 3.06. The second-order valence-electron chi connectivity index (χ2n) is 3.18. The molecule has 3 heterocycles. The van der Waals surface area contributed by atoms with E-state index in [0.29, 0.717) is 5.69 Å². The largest absolute Gasteiger partial charge is 0.397 e. The number of anilines is 1. The van der Waals surface area contributed by atoms with E-state index >= 15 is 0 Å². The van der Waals surface area contributed by atoms with Gasteiger partial charge in [0.25, 0.3) is 0 Å². The van der Waals surface area contributed by atoms with Crippen molar-refractivity contribution < 1.29 is 0 Å². The van der Waals surface area contributed by atoms with Crippen molar-refractivity contribution >= 4 is 22.7 Å². The molecule has 0 spiro atoms. The van der Waals surface area contributed by atoms with Crippen LogP contribution in [0.3, 0.4) is 0 Å². The van der Waals surface area contributed by atoms with Crippen LogP contribution in [0.25, 0.3) is 16.3 Å². The lowest BCUT2D eigenvalue weighted by Gasteiger charge is -1.91. The van der Waals surface area contributed by atoms with Crippen LogP contribution in [0, 0.1) is 0 Å². The zero-order valence-corrected chi connectivity index (χ0v) is 8.61. The van der Waals surface area contributed by atoms with Crippen LogP contribution in [-0.2, 0) is 0 Å². The number of nitrogens with zero attached hydrogens (tertiary/aromatic N) is 3. The molecule has 0 atom stereocenters. The third-order valence-electron chi connectivity index (χ3n) is 2.10. The van der Waals surface area contributed by atoms with Gasteiger partial charge in [0.1, 0.15) is 0 Å². The Morgan fingerprint density at radius 2 is 2.20 bits per heavy atom. The van der Waals surface area contributed by atoms with Crippen molar-refractivity contribution in [2.24, 2.45) is 0 Å². The Kier molecular flexibility index (Phi) is 1.72. The summed E-state index contributed by atoms with van der Waals surface area (Å²) in [5.41, 5.74) is 7.16. The van der Waals surface area contributed by atoms with Gasteiger partial charge in [-0.15, -0.1) is 16.4 Å². The summed E-state index contributed by atoms with van der Waals surface area (Å²) in [6.07, 6.45) is 1.76. The molecule has 3 aromatic heterocycles. The van der Waals surface area contributed by atoms with Crippen molar-refractivity contribution in [1.82, 2.24) is 14.6 Å². The molecule has 0 amide bonds. The number of nitrogen functional groups attached to an aromatic ring is 1. The predicted octanol–water partition coefficient (Wildman–Crippen LogP) is 2.04. The molecule has 5 heteroatoms. The van der Waals surface area contributed by atoms with Crippen LogP contribution < -0.4 is 5.73 Å². The molecule has 0 saturated heterocycles. The molecule has 0 aromatic carbocycles. The highest BCUT2D eigenvalue weighted by molar-refractivity contribution is 7.13. The second-order valence-corrected chi connectivity index (χ2v) is 4.13. The van der Waals surface area contributed by atoms with E-state index < -0.39 is 0 Å². The maximum absolute atomic E-state index is 5.67. The highest BCUT2D eigenvalue weighted by atomic mass is 32.1. The van der Waals surface area contributed by atoms with Gasteiger partial charge in [0.15, 0.2) is 11.5 Å². The fourth-order valence-corrected chi connectivity index (χ4v) is 2.06. The van der Waals surface area contributed by atoms with Gasteiger partial charge in [-0.05, 0) is 23.6 Å². The summed E-state index contributed by atoms with van der Waals surface area (Å²) in [6, 6.07) is 7.67. The van der Waals surface area contributed by atoms with Gasteiger partial charge >= 0.3 is 0 Å². The van der Waals surface area contributed by atoms with Crippen molar-refractivity contribution in [3.8, 4) is 10.7 Å². The van der Waals surface area contributed by atoms with Gasteiger partial charge in [0, 0.05) is 0 Å². The van der Waals surface area contributed by atoms with Crippen molar-refractivity contribution in [3.63, 3.8) is 0 Å². The Hall–Kier alpha value is -1.88. The predicted molar refractivity (Wildman–Crippen MR) is 60.7 cm³/mol. The number of hydrogen-bond acceptors (Lipinski definition) is 4. The van der Waals surface area contributed by atoms with Gasteiger partial charge in [0.2, 0.25) is 0 Å². The lowest BCUT2D eigenvalue weighted by atomic mass is 10.4. The van der Waals surface area contributed by atoms with Gasteiger partial charge in [-0.2, -0.15) is 0 Å². The topological polar surface area (TPSA) is 56.2 Å². The highest BCUT2D eigenvalue weighted by Gasteiger charge is 2.06. The van der Waals surface area contributed by atoms with E-state index in [-0.39, 0.29) is 0 Å². The van der Waals surface area contributed by atoms with E-state index in [1.807, 2.05) is 29.6 Å². The van der Waals surface area contributed by atoms with Crippen molar-refractivity contribution in [2.75, 3.05) is 5.73 Å². The molecular weight excluding hydrogens is 208 g/mol. The molecular formula is C10H8N4S. The fraction of sp³-hybridized carbons (Fsp3) is 0. The lowest BCUT2D eigenvalue weighted by Crippen LogP contribution is -1.91. The maximum atomic E-state index is 5.67. The number of thiophene rings is 1. The molecule has 4 nitrogen and oxygen atoms in total. The summed E-state index contributed by atoms with van der Waals surface area (Å²) < 4.78 is 1.70. The number of aromatic nitrogens is 3. The average Bonchev–Trinajstić information content (AvgIpc) is 2.84. The van der Waals surface area contributed by atoms with Crippen LogP contribution in [0.2, 0.25) is 0 Å². The monoisotopic (exact) mass is 216 g/mol. The standard InChI is InChI=1S/C10H8N4S/c11-7-3-4-9-12-10(13-14(9)6-7)8-2-1-5-15-8/h1-6H,11H2. The smallest absolute Gasteiger partial charge is 0.192 e. The average molecular weight is 216 g/mol. The summed E-state index contributed by atoms with van der Waals surface area (Å²) in [4.78, 5) is 5.47. The van der Waals surface area contributed by atoms with Crippen LogP contribution in [0.5, 0.6) is 0 Å². The Bertz CT molecular complexity index is 597. The molecule has 0 fully saturated rings. The van der Waals surface area contributed by atoms with Crippen molar-refractivity contribution in [3.05, 3.63) is 35.8 Å². The molecule has 3 rings (SSSR count). The van der Waals surface area contributed by atoms with Crippen molar-refractivity contribution in [2.45, 2.75) is 0 Å². The Morgan fingerprint density at radius 3 is 3.00 bits per heavy atom. The summed E-state index contributed by atoms with van der Waals surface area (Å²) in [6.45, 7) is 0. The molecule has 15 heavy (non-hydrogen) atoms. The first kappa shape index (κ1) is 8.43. The van der Waals surface area contributed by atoms with Gasteiger partial charge in [-0.25, -0.2) is 9.50 Å². The lowest BCUT2D eigenvalue weighted by molar-refractivity contribution is 0.969. The first-order chi connectivity index (χ1) is 7.33. The molecule has 0 bridgehead atoms. The van der Waals surface area contributed by atoms with Crippen molar-refractivity contribution in [1.29, 1.82) is 0 Å². The van der Waals surface area contributed by atoms with Crippen LogP contribution in [0.15, 0.2) is 35.8 Å². The van der Waals surface area contributed by atoms with Crippen LogP contribution in [0.4, 0.5) is 5.69 Å². The van der Waals surface area contributed by atoms with E-state index in [1.54, 1.807) is 22.0 Å². The molecule has 3 aromatic rings. The summed E-state index contributed by atoms with van der Waals surface area (Å²) >= 11 is 1.63. The van der Waals surface area contributed by atoms with Gasteiger partial charge < -0.3 is 5.73 Å². The molecule has 0 radical (unpaired) electrons. The first-order valence-corrected chi connectivity index (χ1v) is 5.37. The Morgan fingerprint density at radius 1 is 1.27 bits per heavy atom. The molecule has 0 unspecified atom stereocenters. The molecule has 0 aliphatic heterocycles. The quantitative estimate of drug-likeness (QED) is 0.677. The molecule has 2 N–H and O–H groups in total. The van der Waals surface area contributed by atoms with Crippen LogP contribution in [-0.4, -0.2) is 14.6 Å². The highest BCUT2D eigenvalue weighted by Crippen LogP contribution is 2.21. The van der Waals surface area contributed by atoms with Gasteiger partial charge in [-0.3, -0.25) is 0 Å². The summed E-state index contributed by atoms with van der Waals surface area (Å²) in [5, 5.41) is 6.36. The van der Waals surface area contributed by atoms with Crippen LogP contribution >= 0.6 is 11.3 Å². The number of nitrogens with two attached hydrogens (primary N) is 1. The van der Waals surface area contributed by atoms with E-state index in [1.165, 1.54) is 0 Å². The summed E-state index contributed by atoms with van der Waals surface area (Å²) in [5.74, 6) is 0.746. The number of pyridine rings is 1. The fourth-order valence-electron chi connectivity index (χ4n) is 1.41. The zero-order valence-electron chi connectivity index (χ0n) is 7.79. The number of fused-ring (bicyclic) bond motifs is 1. The summed E-state index contributed by atoms with van der Waals surface area (Å²) in [7, 11) is 0. The SMILES string of the molecule is Nc1ccc2nc(-c3cccs3)nn2c1. The first-order valence-electron chi connectivity index (χ1n) is 4.49. The zero-order chi connectivity index (χ0) is 10.3. The Balaban J connectivity index is 2.22. The van der Waals surface area contributed by atoms with Crippen LogP contribution in [0.1, 0.15) is 0 Å². The normalized spacial score (nSPS) is 10.9. The molecule has 0 saturated carbocycles. The minimum absolute atomic E-state index is 0.685. The van der Waals surface area contributed by atoms with E-state index in [0.717, 1.165) is 16.3 Å². The minimum Gasteiger partial charge on any atom is -0.397 e.